The predicted molar refractivity (Wildman–Crippen MR) is 76.0 cm³/mol. The molecule has 20 heavy (non-hydrogen) atoms. The van der Waals surface area contributed by atoms with Crippen molar-refractivity contribution in [1.29, 1.82) is 0 Å². The number of aromatic carboxylic acids is 1. The molecule has 0 bridgehead atoms. The number of carbonyl (C=O) groups excluding carboxylic acids is 1. The van der Waals surface area contributed by atoms with E-state index in [1.165, 1.54) is 17.0 Å². The number of hydrogen-bond acceptors (Lipinski definition) is 3. The van der Waals surface area contributed by atoms with E-state index in [0.717, 1.165) is 12.8 Å². The van der Waals surface area contributed by atoms with Crippen LogP contribution < -0.4 is 5.32 Å². The van der Waals surface area contributed by atoms with Crippen molar-refractivity contribution in [2.75, 3.05) is 25.0 Å². The minimum atomic E-state index is -1.04. The van der Waals surface area contributed by atoms with E-state index in [1.54, 1.807) is 12.1 Å². The van der Waals surface area contributed by atoms with Crippen LogP contribution in [0, 0.1) is 0 Å². The van der Waals surface area contributed by atoms with Crippen LogP contribution in [0.2, 0.25) is 0 Å². The number of aliphatic hydroxyl groups excluding tert-OH is 1. The van der Waals surface area contributed by atoms with E-state index in [4.69, 9.17) is 10.2 Å². The van der Waals surface area contributed by atoms with Gasteiger partial charge in [0.1, 0.15) is 0 Å². The van der Waals surface area contributed by atoms with Crippen molar-refractivity contribution in [1.82, 2.24) is 4.90 Å². The number of urea groups is 1. The molecule has 3 N–H and O–H groups in total. The van der Waals surface area contributed by atoms with Gasteiger partial charge in [-0.05, 0) is 24.6 Å². The van der Waals surface area contributed by atoms with Gasteiger partial charge < -0.3 is 20.4 Å². The van der Waals surface area contributed by atoms with Crippen molar-refractivity contribution in [3.63, 3.8) is 0 Å². The number of nitrogens with one attached hydrogen (secondary N) is 1. The first kappa shape index (κ1) is 16.0. The highest BCUT2D eigenvalue weighted by atomic mass is 16.4. The molecule has 0 saturated carbocycles. The molecular formula is C14H20N2O4. The number of benzene rings is 1. The second kappa shape index (κ2) is 8.16. The van der Waals surface area contributed by atoms with E-state index in [1.807, 2.05) is 6.92 Å². The minimum Gasteiger partial charge on any atom is -0.478 e. The Balaban J connectivity index is 2.71. The third-order valence-corrected chi connectivity index (χ3v) is 2.80. The molecule has 0 aromatic heterocycles. The van der Waals surface area contributed by atoms with Crippen molar-refractivity contribution >= 4 is 17.7 Å². The highest BCUT2D eigenvalue weighted by Crippen LogP contribution is 2.11. The molecule has 0 radical (unpaired) electrons. The molecule has 6 nitrogen and oxygen atoms in total. The maximum absolute atomic E-state index is 12.0. The van der Waals surface area contributed by atoms with Crippen LogP contribution in [0.3, 0.4) is 0 Å². The quantitative estimate of drug-likeness (QED) is 0.712. The van der Waals surface area contributed by atoms with Crippen LogP contribution in [0.15, 0.2) is 24.3 Å². The third kappa shape index (κ3) is 4.89. The van der Waals surface area contributed by atoms with Gasteiger partial charge in [0.2, 0.25) is 0 Å². The number of unbranched alkanes of at least 4 members (excludes halogenated alkanes) is 1. The van der Waals surface area contributed by atoms with E-state index in [2.05, 4.69) is 5.32 Å². The number of hydrogen-bond donors (Lipinski definition) is 3. The molecule has 2 amide bonds. The lowest BCUT2D eigenvalue weighted by Crippen LogP contribution is -2.37. The third-order valence-electron chi connectivity index (χ3n) is 2.80. The Kier molecular flexibility index (Phi) is 6.52. The normalized spacial score (nSPS) is 10.1. The van der Waals surface area contributed by atoms with Gasteiger partial charge in [0.15, 0.2) is 0 Å². The summed E-state index contributed by atoms with van der Waals surface area (Å²) in [6, 6.07) is 5.72. The maximum Gasteiger partial charge on any atom is 0.335 e. The largest absolute Gasteiger partial charge is 0.478 e. The van der Waals surface area contributed by atoms with Gasteiger partial charge in [-0.3, -0.25) is 0 Å². The topological polar surface area (TPSA) is 89.9 Å². The Morgan fingerprint density at radius 1 is 1.30 bits per heavy atom. The molecular weight excluding hydrogens is 260 g/mol. The molecule has 1 rings (SSSR count). The van der Waals surface area contributed by atoms with E-state index in [9.17, 15) is 9.59 Å². The molecule has 0 saturated heterocycles. The van der Waals surface area contributed by atoms with Gasteiger partial charge in [-0.2, -0.15) is 0 Å². The molecule has 0 aliphatic heterocycles. The second-order valence-corrected chi connectivity index (χ2v) is 4.38. The summed E-state index contributed by atoms with van der Waals surface area (Å²) in [7, 11) is 0. The van der Waals surface area contributed by atoms with Gasteiger partial charge >= 0.3 is 12.0 Å². The number of nitrogens with zero attached hydrogens (tertiary/aromatic N) is 1. The summed E-state index contributed by atoms with van der Waals surface area (Å²) in [6.07, 6.45) is 1.80. The van der Waals surface area contributed by atoms with Crippen LogP contribution >= 0.6 is 0 Å². The van der Waals surface area contributed by atoms with Gasteiger partial charge in [-0.25, -0.2) is 9.59 Å². The Morgan fingerprint density at radius 3 is 2.65 bits per heavy atom. The second-order valence-electron chi connectivity index (χ2n) is 4.38. The van der Waals surface area contributed by atoms with Crippen LogP contribution in [0.4, 0.5) is 10.5 Å². The summed E-state index contributed by atoms with van der Waals surface area (Å²) < 4.78 is 0. The highest BCUT2D eigenvalue weighted by Gasteiger charge is 2.13. The van der Waals surface area contributed by atoms with Crippen molar-refractivity contribution < 1.29 is 19.8 Å². The average molecular weight is 280 g/mol. The van der Waals surface area contributed by atoms with E-state index in [-0.39, 0.29) is 24.7 Å². The molecule has 110 valence electrons. The fourth-order valence-corrected chi connectivity index (χ4v) is 1.72. The summed E-state index contributed by atoms with van der Waals surface area (Å²) in [5, 5.41) is 20.5. The number of rotatable bonds is 7. The smallest absolute Gasteiger partial charge is 0.335 e. The number of anilines is 1. The Hall–Kier alpha value is -2.08. The number of amides is 2. The first-order valence-electron chi connectivity index (χ1n) is 6.58. The summed E-state index contributed by atoms with van der Waals surface area (Å²) in [5.74, 6) is -1.04. The van der Waals surface area contributed by atoms with Crippen LogP contribution in [-0.4, -0.2) is 46.8 Å². The van der Waals surface area contributed by atoms with Crippen LogP contribution in [0.25, 0.3) is 0 Å². The first-order chi connectivity index (χ1) is 9.58. The van der Waals surface area contributed by atoms with Gasteiger partial charge in [0, 0.05) is 18.8 Å². The Morgan fingerprint density at radius 2 is 2.05 bits per heavy atom. The lowest BCUT2D eigenvalue weighted by Gasteiger charge is -2.22. The van der Waals surface area contributed by atoms with Crippen molar-refractivity contribution in [3.8, 4) is 0 Å². The van der Waals surface area contributed by atoms with Gasteiger partial charge in [0.25, 0.3) is 0 Å². The fourth-order valence-electron chi connectivity index (χ4n) is 1.72. The molecule has 1 aromatic carbocycles. The number of carboxylic acids is 1. The fraction of sp³-hybridized carbons (Fsp3) is 0.429. The first-order valence-corrected chi connectivity index (χ1v) is 6.58. The van der Waals surface area contributed by atoms with Crippen molar-refractivity contribution in [3.05, 3.63) is 29.8 Å². The van der Waals surface area contributed by atoms with Gasteiger partial charge in [-0.1, -0.05) is 19.4 Å². The maximum atomic E-state index is 12.0. The molecule has 0 aliphatic carbocycles. The predicted octanol–water partition coefficient (Wildman–Crippen LogP) is 2.01. The van der Waals surface area contributed by atoms with Crippen molar-refractivity contribution in [2.45, 2.75) is 19.8 Å². The Bertz CT molecular complexity index is 462. The zero-order valence-electron chi connectivity index (χ0n) is 11.5. The average Bonchev–Trinajstić information content (AvgIpc) is 2.43. The van der Waals surface area contributed by atoms with E-state index >= 15 is 0 Å². The van der Waals surface area contributed by atoms with Crippen molar-refractivity contribution in [2.24, 2.45) is 0 Å². The zero-order valence-corrected chi connectivity index (χ0v) is 11.5. The zero-order chi connectivity index (χ0) is 15.0. The van der Waals surface area contributed by atoms with Crippen LogP contribution in [0.1, 0.15) is 30.1 Å². The lowest BCUT2D eigenvalue weighted by molar-refractivity contribution is 0.0697. The standard InChI is InChI=1S/C14H20N2O4/c1-2-3-7-16(8-9-17)14(20)15-12-6-4-5-11(10-12)13(18)19/h4-6,10,17H,2-3,7-9H2,1H3,(H,15,20)(H,18,19). The molecule has 0 spiro atoms. The molecule has 0 atom stereocenters. The summed E-state index contributed by atoms with van der Waals surface area (Å²) in [4.78, 5) is 24.4. The monoisotopic (exact) mass is 280 g/mol. The minimum absolute atomic E-state index is 0.105. The van der Waals surface area contributed by atoms with E-state index < -0.39 is 5.97 Å². The number of carbonyl (C=O) groups is 2. The Labute approximate surface area is 118 Å². The molecule has 0 unspecified atom stereocenters. The van der Waals surface area contributed by atoms with Gasteiger partial charge in [0.05, 0.1) is 12.2 Å². The summed E-state index contributed by atoms with van der Waals surface area (Å²) in [6.45, 7) is 2.73. The van der Waals surface area contributed by atoms with Crippen LogP contribution in [0.5, 0.6) is 0 Å². The summed E-state index contributed by atoms with van der Waals surface area (Å²) in [5.41, 5.74) is 0.541. The molecule has 6 heteroatoms. The molecule has 0 fully saturated rings. The molecule has 1 aromatic rings. The molecule has 0 heterocycles. The summed E-state index contributed by atoms with van der Waals surface area (Å²) >= 11 is 0. The molecule has 0 aliphatic rings. The van der Waals surface area contributed by atoms with Gasteiger partial charge in [-0.15, -0.1) is 0 Å². The number of aliphatic hydroxyl groups is 1. The number of carboxylic acid groups (broad SMARTS) is 1. The SMILES string of the molecule is CCCCN(CCO)C(=O)Nc1cccc(C(=O)O)c1. The van der Waals surface area contributed by atoms with Crippen LogP contribution in [-0.2, 0) is 0 Å². The highest BCUT2D eigenvalue weighted by molar-refractivity contribution is 5.93. The van der Waals surface area contributed by atoms with E-state index in [0.29, 0.717) is 12.2 Å². The lowest BCUT2D eigenvalue weighted by atomic mass is 10.2.